The average molecular weight is 294 g/mol. The number of hydrogen-bond donors (Lipinski definition) is 3. The third kappa shape index (κ3) is 2.57. The van der Waals surface area contributed by atoms with Crippen LogP contribution >= 0.6 is 0 Å². The van der Waals surface area contributed by atoms with Crippen LogP contribution in [0, 0.1) is 11.8 Å². The van der Waals surface area contributed by atoms with Crippen molar-refractivity contribution in [1.82, 2.24) is 9.55 Å². The fourth-order valence-electron chi connectivity index (χ4n) is 3.74. The Morgan fingerprint density at radius 2 is 2.19 bits per heavy atom. The molecule has 1 heterocycles. The minimum Gasteiger partial charge on any atom is -0.383 e. The van der Waals surface area contributed by atoms with E-state index >= 15 is 0 Å². The molecule has 0 spiro atoms. The molecule has 0 amide bonds. The number of nitrogen functional groups attached to an aromatic ring is 1. The molecule has 3 rings (SSSR count). The largest absolute Gasteiger partial charge is 0.383 e. The number of hydrogen-bond acceptors (Lipinski definition) is 5. The van der Waals surface area contributed by atoms with Crippen molar-refractivity contribution in [3.05, 3.63) is 20.8 Å². The number of aromatic amines is 1. The lowest BCUT2D eigenvalue weighted by Crippen LogP contribution is -2.37. The molecule has 2 fully saturated rings. The molecule has 7 heteroatoms. The lowest BCUT2D eigenvalue weighted by molar-refractivity contribution is 0.186. The highest BCUT2D eigenvalue weighted by molar-refractivity contribution is 5.61. The van der Waals surface area contributed by atoms with Gasteiger partial charge in [0.1, 0.15) is 11.5 Å². The number of nitrogens with two attached hydrogens (primary N) is 1. The minimum atomic E-state index is -0.493. The van der Waals surface area contributed by atoms with Crippen LogP contribution in [0.25, 0.3) is 0 Å². The highest BCUT2D eigenvalue weighted by Crippen LogP contribution is 2.45. The van der Waals surface area contributed by atoms with Crippen LogP contribution in [0.3, 0.4) is 0 Å². The maximum Gasteiger partial charge on any atom is 0.330 e. The fraction of sp³-hybridized carbons (Fsp3) is 0.714. The van der Waals surface area contributed by atoms with Crippen molar-refractivity contribution in [3.8, 4) is 0 Å². The molecule has 0 aromatic carbocycles. The number of nitrogens with zero attached hydrogens (tertiary/aromatic N) is 1. The smallest absolute Gasteiger partial charge is 0.330 e. The Bertz CT molecular complexity index is 636. The van der Waals surface area contributed by atoms with Gasteiger partial charge in [0.25, 0.3) is 5.56 Å². The van der Waals surface area contributed by atoms with Crippen LogP contribution in [0.5, 0.6) is 0 Å². The van der Waals surface area contributed by atoms with Gasteiger partial charge in [-0.25, -0.2) is 4.79 Å². The molecule has 2 bridgehead atoms. The van der Waals surface area contributed by atoms with E-state index in [1.165, 1.54) is 23.8 Å². The van der Waals surface area contributed by atoms with Gasteiger partial charge >= 0.3 is 5.69 Å². The van der Waals surface area contributed by atoms with Gasteiger partial charge in [0, 0.05) is 13.2 Å². The molecule has 0 radical (unpaired) electrons. The fourth-order valence-corrected chi connectivity index (χ4v) is 3.74. The van der Waals surface area contributed by atoms with Gasteiger partial charge < -0.3 is 15.8 Å². The van der Waals surface area contributed by atoms with Crippen LogP contribution in [0.4, 0.5) is 11.5 Å². The summed E-state index contributed by atoms with van der Waals surface area (Å²) in [4.78, 5) is 26.2. The van der Waals surface area contributed by atoms with E-state index < -0.39 is 11.2 Å². The molecule has 1 aromatic rings. The summed E-state index contributed by atoms with van der Waals surface area (Å²) in [7, 11) is 1.56. The molecule has 3 atom stereocenters. The van der Waals surface area contributed by atoms with E-state index in [4.69, 9.17) is 10.5 Å². The number of nitrogens with one attached hydrogen (secondary N) is 2. The molecular weight excluding hydrogens is 272 g/mol. The molecule has 2 aliphatic carbocycles. The van der Waals surface area contributed by atoms with Crippen LogP contribution in [0.2, 0.25) is 0 Å². The van der Waals surface area contributed by atoms with Crippen molar-refractivity contribution >= 4 is 11.5 Å². The topological polar surface area (TPSA) is 102 Å². The number of H-pyrrole nitrogens is 1. The zero-order chi connectivity index (χ0) is 15.0. The lowest BCUT2D eigenvalue weighted by Gasteiger charge is -2.24. The van der Waals surface area contributed by atoms with E-state index in [0.717, 1.165) is 12.3 Å². The van der Waals surface area contributed by atoms with Crippen LogP contribution in [0.1, 0.15) is 25.7 Å². The van der Waals surface area contributed by atoms with Crippen molar-refractivity contribution in [2.45, 2.75) is 38.3 Å². The van der Waals surface area contributed by atoms with Gasteiger partial charge in [-0.05, 0) is 31.1 Å². The second-order valence-corrected chi connectivity index (χ2v) is 6.09. The first-order valence-corrected chi connectivity index (χ1v) is 7.48. The molecular formula is C14H22N4O3. The molecule has 4 N–H and O–H groups in total. The van der Waals surface area contributed by atoms with Gasteiger partial charge in [-0.2, -0.15) is 0 Å². The molecule has 2 aliphatic rings. The van der Waals surface area contributed by atoms with E-state index in [-0.39, 0.29) is 5.82 Å². The average Bonchev–Trinajstić information content (AvgIpc) is 3.05. The predicted octanol–water partition coefficient (Wildman–Crippen LogP) is 0.366. The summed E-state index contributed by atoms with van der Waals surface area (Å²) in [5.41, 5.74) is 5.42. The molecule has 21 heavy (non-hydrogen) atoms. The van der Waals surface area contributed by atoms with Gasteiger partial charge in [-0.1, -0.05) is 6.42 Å². The summed E-state index contributed by atoms with van der Waals surface area (Å²) in [6, 6.07) is 0.292. The van der Waals surface area contributed by atoms with E-state index in [9.17, 15) is 9.59 Å². The van der Waals surface area contributed by atoms with Gasteiger partial charge in [-0.15, -0.1) is 0 Å². The standard InChI is InChI=1S/C14H22N4O3/c1-21-5-4-18-12(15)11(13(19)17-14(18)20)16-10-7-8-2-3-9(10)6-8/h8-10,16H,2-7,15H2,1H3,(H,17,19,20). The van der Waals surface area contributed by atoms with Crippen LogP contribution in [0.15, 0.2) is 9.59 Å². The molecule has 0 aliphatic heterocycles. The lowest BCUT2D eigenvalue weighted by atomic mass is 9.95. The molecule has 7 nitrogen and oxygen atoms in total. The Morgan fingerprint density at radius 3 is 2.81 bits per heavy atom. The highest BCUT2D eigenvalue weighted by Gasteiger charge is 2.40. The monoisotopic (exact) mass is 294 g/mol. The predicted molar refractivity (Wildman–Crippen MR) is 80.5 cm³/mol. The molecule has 3 unspecified atom stereocenters. The third-order valence-electron chi connectivity index (χ3n) is 4.83. The normalized spacial score (nSPS) is 27.2. The maximum atomic E-state index is 12.0. The van der Waals surface area contributed by atoms with Crippen molar-refractivity contribution in [3.63, 3.8) is 0 Å². The minimum absolute atomic E-state index is 0.198. The first-order valence-electron chi connectivity index (χ1n) is 7.48. The van der Waals surface area contributed by atoms with E-state index in [1.54, 1.807) is 7.11 Å². The number of ether oxygens (including phenoxy) is 1. The summed E-state index contributed by atoms with van der Waals surface area (Å²) in [5.74, 6) is 1.59. The zero-order valence-electron chi connectivity index (χ0n) is 12.2. The molecule has 0 saturated heterocycles. The summed E-state index contributed by atoms with van der Waals surface area (Å²) in [6.07, 6.45) is 4.82. The second kappa shape index (κ2) is 5.55. The Balaban J connectivity index is 1.87. The van der Waals surface area contributed by atoms with E-state index in [0.29, 0.717) is 30.8 Å². The Morgan fingerprint density at radius 1 is 1.38 bits per heavy atom. The Labute approximate surface area is 122 Å². The number of rotatable bonds is 5. The van der Waals surface area contributed by atoms with Crippen molar-refractivity contribution < 1.29 is 4.74 Å². The quantitative estimate of drug-likeness (QED) is 0.728. The summed E-state index contributed by atoms with van der Waals surface area (Å²) >= 11 is 0. The summed E-state index contributed by atoms with van der Waals surface area (Å²) in [6.45, 7) is 0.688. The number of methoxy groups -OCH3 is 1. The number of anilines is 2. The maximum absolute atomic E-state index is 12.0. The van der Waals surface area contributed by atoms with Gasteiger partial charge in [0.05, 0.1) is 13.2 Å². The number of aromatic nitrogens is 2. The first-order chi connectivity index (χ1) is 10.1. The third-order valence-corrected chi connectivity index (χ3v) is 4.83. The van der Waals surface area contributed by atoms with E-state index in [1.807, 2.05) is 0 Å². The van der Waals surface area contributed by atoms with Crippen molar-refractivity contribution in [2.75, 3.05) is 24.8 Å². The van der Waals surface area contributed by atoms with Crippen LogP contribution in [-0.4, -0.2) is 29.3 Å². The Hall–Kier alpha value is -1.76. The summed E-state index contributed by atoms with van der Waals surface area (Å²) < 4.78 is 6.32. The summed E-state index contributed by atoms with van der Waals surface area (Å²) in [5, 5.41) is 3.28. The van der Waals surface area contributed by atoms with Crippen molar-refractivity contribution in [2.24, 2.45) is 11.8 Å². The van der Waals surface area contributed by atoms with E-state index in [2.05, 4.69) is 10.3 Å². The Kier molecular flexibility index (Phi) is 3.75. The van der Waals surface area contributed by atoms with Crippen LogP contribution in [-0.2, 0) is 11.3 Å². The SMILES string of the molecule is COCCn1c(N)c(NC2CC3CCC2C3)c(=O)[nH]c1=O. The zero-order valence-corrected chi connectivity index (χ0v) is 12.2. The molecule has 1 aromatic heterocycles. The van der Waals surface area contributed by atoms with Gasteiger partial charge in [0.15, 0.2) is 0 Å². The van der Waals surface area contributed by atoms with Gasteiger partial charge in [0.2, 0.25) is 0 Å². The molecule has 116 valence electrons. The first kappa shape index (κ1) is 14.2. The molecule has 2 saturated carbocycles. The highest BCUT2D eigenvalue weighted by atomic mass is 16.5. The van der Waals surface area contributed by atoms with Crippen molar-refractivity contribution in [1.29, 1.82) is 0 Å². The second-order valence-electron chi connectivity index (χ2n) is 6.09. The van der Waals surface area contributed by atoms with Crippen LogP contribution < -0.4 is 22.3 Å². The van der Waals surface area contributed by atoms with Gasteiger partial charge in [-0.3, -0.25) is 14.3 Å². The number of fused-ring (bicyclic) bond motifs is 2.